The Balaban J connectivity index is 1.64. The smallest absolute Gasteiger partial charge is 0.252 e. The van der Waals surface area contributed by atoms with Crippen molar-refractivity contribution >= 4 is 15.9 Å². The lowest BCUT2D eigenvalue weighted by Crippen LogP contribution is -2.51. The minimum absolute atomic E-state index is 0.183. The van der Waals surface area contributed by atoms with Gasteiger partial charge in [-0.2, -0.15) is 0 Å². The summed E-state index contributed by atoms with van der Waals surface area (Å²) in [5, 5.41) is 0. The van der Waals surface area contributed by atoms with E-state index in [0.29, 0.717) is 18.6 Å². The van der Waals surface area contributed by atoms with Crippen LogP contribution in [0.1, 0.15) is 25.3 Å². The number of hydrogen-bond acceptors (Lipinski definition) is 4. The first-order valence-electron chi connectivity index (χ1n) is 11.2. The van der Waals surface area contributed by atoms with Crippen LogP contribution < -0.4 is 4.72 Å². The fourth-order valence-corrected chi connectivity index (χ4v) is 5.44. The van der Waals surface area contributed by atoms with E-state index >= 15 is 4.39 Å². The van der Waals surface area contributed by atoms with E-state index in [-0.39, 0.29) is 30.4 Å². The molecular formula is C24H28F2N2O4S. The largest absolute Gasteiger partial charge is 0.368 e. The number of halogens is 2. The van der Waals surface area contributed by atoms with E-state index in [2.05, 4.69) is 4.72 Å². The topological polar surface area (TPSA) is 75.7 Å². The van der Waals surface area contributed by atoms with Crippen molar-refractivity contribution in [3.05, 3.63) is 59.9 Å². The number of ether oxygens (including phenoxy) is 1. The summed E-state index contributed by atoms with van der Waals surface area (Å²) >= 11 is 0. The third kappa shape index (κ3) is 5.42. The third-order valence-corrected chi connectivity index (χ3v) is 7.68. The van der Waals surface area contributed by atoms with Gasteiger partial charge in [0.15, 0.2) is 0 Å². The number of sulfonamides is 1. The molecule has 0 saturated carbocycles. The predicted molar refractivity (Wildman–Crippen MR) is 121 cm³/mol. The minimum atomic E-state index is -3.69. The van der Waals surface area contributed by atoms with Crippen LogP contribution in [0.25, 0.3) is 11.1 Å². The Labute approximate surface area is 193 Å². The molecule has 2 aliphatic rings. The van der Waals surface area contributed by atoms with Gasteiger partial charge in [0.2, 0.25) is 10.0 Å². The maximum absolute atomic E-state index is 15.1. The lowest BCUT2D eigenvalue weighted by atomic mass is 9.96. The number of amides is 1. The molecule has 6 nitrogen and oxygen atoms in total. The van der Waals surface area contributed by atoms with Gasteiger partial charge in [-0.3, -0.25) is 4.79 Å². The molecule has 0 unspecified atom stereocenters. The minimum Gasteiger partial charge on any atom is -0.368 e. The van der Waals surface area contributed by atoms with Gasteiger partial charge in [0.1, 0.15) is 18.1 Å². The van der Waals surface area contributed by atoms with E-state index in [4.69, 9.17) is 4.74 Å². The Morgan fingerprint density at radius 1 is 1.18 bits per heavy atom. The maximum atomic E-state index is 15.1. The predicted octanol–water partition coefficient (Wildman–Crippen LogP) is 3.07. The summed E-state index contributed by atoms with van der Waals surface area (Å²) in [4.78, 5) is 14.5. The Hall–Kier alpha value is -2.36. The first kappa shape index (κ1) is 23.8. The Kier molecular flexibility index (Phi) is 7.11. The Bertz CT molecular complexity index is 1110. The standard InChI is InChI=1S/C24H28F2N2O4S/c1-2-33(30,31)27-23-20(26)15-28(24(29)22-10-5-11-32-22)21(23)13-16-6-3-7-17(12-16)18-8-4-9-19(25)14-18/h3-4,6-9,12,14,20-23,27H,2,5,10-11,13,15H2,1H3/t20-,21-,22+,23-/m0/s1. The number of hydrogen-bond donors (Lipinski definition) is 1. The van der Waals surface area contributed by atoms with Crippen molar-refractivity contribution in [2.24, 2.45) is 0 Å². The van der Waals surface area contributed by atoms with Gasteiger partial charge < -0.3 is 9.64 Å². The second-order valence-electron chi connectivity index (χ2n) is 8.54. The molecule has 178 valence electrons. The van der Waals surface area contributed by atoms with Gasteiger partial charge in [-0.25, -0.2) is 21.9 Å². The molecular weight excluding hydrogens is 450 g/mol. The van der Waals surface area contributed by atoms with Gasteiger partial charge in [0.25, 0.3) is 5.91 Å². The van der Waals surface area contributed by atoms with Crippen LogP contribution in [-0.2, 0) is 26.0 Å². The molecule has 0 spiro atoms. The highest BCUT2D eigenvalue weighted by molar-refractivity contribution is 7.89. The molecule has 4 atom stereocenters. The lowest BCUT2D eigenvalue weighted by molar-refractivity contribution is -0.142. The molecule has 2 heterocycles. The molecule has 2 aromatic carbocycles. The summed E-state index contributed by atoms with van der Waals surface area (Å²) in [6.07, 6.45) is -0.582. The molecule has 4 rings (SSSR count). The highest BCUT2D eigenvalue weighted by atomic mass is 32.2. The molecule has 2 aromatic rings. The van der Waals surface area contributed by atoms with E-state index in [0.717, 1.165) is 17.5 Å². The van der Waals surface area contributed by atoms with Crippen LogP contribution >= 0.6 is 0 Å². The summed E-state index contributed by atoms with van der Waals surface area (Å²) in [5.74, 6) is -0.839. The summed E-state index contributed by atoms with van der Waals surface area (Å²) in [6, 6.07) is 11.8. The molecule has 0 bridgehead atoms. The fourth-order valence-electron chi connectivity index (χ4n) is 4.55. The van der Waals surface area contributed by atoms with Crippen LogP contribution in [0.4, 0.5) is 8.78 Å². The number of likely N-dealkylation sites (tertiary alicyclic amines) is 1. The van der Waals surface area contributed by atoms with Crippen LogP contribution in [0.2, 0.25) is 0 Å². The van der Waals surface area contributed by atoms with E-state index in [1.165, 1.54) is 24.0 Å². The summed E-state index contributed by atoms with van der Waals surface area (Å²) in [5.41, 5.74) is 2.27. The van der Waals surface area contributed by atoms with Gasteiger partial charge in [-0.15, -0.1) is 0 Å². The first-order valence-corrected chi connectivity index (χ1v) is 12.8. The number of nitrogens with one attached hydrogen (secondary N) is 1. The zero-order valence-electron chi connectivity index (χ0n) is 18.4. The monoisotopic (exact) mass is 478 g/mol. The summed E-state index contributed by atoms with van der Waals surface area (Å²) in [6.45, 7) is 1.77. The number of rotatable bonds is 7. The molecule has 1 amide bonds. The number of benzene rings is 2. The second-order valence-corrected chi connectivity index (χ2v) is 10.6. The SMILES string of the molecule is CCS(=O)(=O)N[C@H]1[C@@H](F)CN(C(=O)[C@H]2CCCO2)[C@H]1Cc1cccc(-c2cccc(F)c2)c1. The zero-order valence-corrected chi connectivity index (χ0v) is 19.2. The van der Waals surface area contributed by atoms with Crippen molar-refractivity contribution in [1.82, 2.24) is 9.62 Å². The number of nitrogens with zero attached hydrogens (tertiary/aromatic N) is 1. The zero-order chi connectivity index (χ0) is 23.6. The van der Waals surface area contributed by atoms with Crippen molar-refractivity contribution in [1.29, 1.82) is 0 Å². The quantitative estimate of drug-likeness (QED) is 0.664. The third-order valence-electron chi connectivity index (χ3n) is 6.29. The summed E-state index contributed by atoms with van der Waals surface area (Å²) < 4.78 is 61.3. The van der Waals surface area contributed by atoms with E-state index in [1.54, 1.807) is 12.1 Å². The lowest BCUT2D eigenvalue weighted by Gasteiger charge is -2.30. The maximum Gasteiger partial charge on any atom is 0.252 e. The van der Waals surface area contributed by atoms with Gasteiger partial charge in [-0.05, 0) is 55.0 Å². The highest BCUT2D eigenvalue weighted by Crippen LogP contribution is 2.29. The average Bonchev–Trinajstić information content (AvgIpc) is 3.43. The van der Waals surface area contributed by atoms with Gasteiger partial charge >= 0.3 is 0 Å². The van der Waals surface area contributed by atoms with Crippen LogP contribution in [0.5, 0.6) is 0 Å². The normalized spacial score (nSPS) is 25.5. The van der Waals surface area contributed by atoms with E-state index in [1.807, 2.05) is 24.3 Å². The van der Waals surface area contributed by atoms with Crippen LogP contribution in [0.3, 0.4) is 0 Å². The fraction of sp³-hybridized carbons (Fsp3) is 0.458. The van der Waals surface area contributed by atoms with Gasteiger partial charge in [0, 0.05) is 6.61 Å². The van der Waals surface area contributed by atoms with Gasteiger partial charge in [-0.1, -0.05) is 36.4 Å². The average molecular weight is 479 g/mol. The highest BCUT2D eigenvalue weighted by Gasteiger charge is 2.47. The van der Waals surface area contributed by atoms with E-state index < -0.39 is 34.4 Å². The molecule has 2 aliphatic heterocycles. The molecule has 0 aliphatic carbocycles. The number of carbonyl (C=O) groups is 1. The molecule has 0 aromatic heterocycles. The number of carbonyl (C=O) groups excluding carboxylic acids is 1. The Morgan fingerprint density at radius 3 is 2.58 bits per heavy atom. The summed E-state index contributed by atoms with van der Waals surface area (Å²) in [7, 11) is -3.69. The van der Waals surface area contributed by atoms with Gasteiger partial charge in [0.05, 0.1) is 24.4 Å². The van der Waals surface area contributed by atoms with Crippen molar-refractivity contribution in [3.8, 4) is 11.1 Å². The number of alkyl halides is 1. The van der Waals surface area contributed by atoms with Crippen molar-refractivity contribution in [2.75, 3.05) is 18.9 Å². The Morgan fingerprint density at radius 2 is 1.91 bits per heavy atom. The molecule has 9 heteroatoms. The molecule has 33 heavy (non-hydrogen) atoms. The first-order chi connectivity index (χ1) is 15.8. The van der Waals surface area contributed by atoms with E-state index in [9.17, 15) is 17.6 Å². The van der Waals surface area contributed by atoms with Crippen LogP contribution in [-0.4, -0.2) is 62.5 Å². The van der Waals surface area contributed by atoms with Crippen molar-refractivity contribution in [3.63, 3.8) is 0 Å². The second kappa shape index (κ2) is 9.87. The molecule has 0 radical (unpaired) electrons. The van der Waals surface area contributed by atoms with Crippen molar-refractivity contribution in [2.45, 2.75) is 50.5 Å². The van der Waals surface area contributed by atoms with Crippen LogP contribution in [0, 0.1) is 5.82 Å². The van der Waals surface area contributed by atoms with Crippen LogP contribution in [0.15, 0.2) is 48.5 Å². The molecule has 1 N–H and O–H groups in total. The van der Waals surface area contributed by atoms with Crippen molar-refractivity contribution < 1.29 is 26.7 Å². The molecule has 2 fully saturated rings. The molecule has 2 saturated heterocycles.